The van der Waals surface area contributed by atoms with Gasteiger partial charge in [0.25, 0.3) is 11.8 Å². The fourth-order valence-corrected chi connectivity index (χ4v) is 1.97. The van der Waals surface area contributed by atoms with Crippen LogP contribution in [0.2, 0.25) is 0 Å². The van der Waals surface area contributed by atoms with Crippen LogP contribution in [0.25, 0.3) is 0 Å². The highest BCUT2D eigenvalue weighted by molar-refractivity contribution is 5.95. The Hall–Kier alpha value is -2.90. The van der Waals surface area contributed by atoms with Gasteiger partial charge in [-0.25, -0.2) is 4.39 Å². The summed E-state index contributed by atoms with van der Waals surface area (Å²) in [5.41, 5.74) is -0.482. The smallest absolute Gasteiger partial charge is 0.350 e. The molecule has 0 aliphatic rings. The summed E-state index contributed by atoms with van der Waals surface area (Å²) < 4.78 is 50.1. The zero-order chi connectivity index (χ0) is 18.4. The molecule has 0 bridgehead atoms. The number of amides is 2. The molecule has 0 aromatic heterocycles. The van der Waals surface area contributed by atoms with Gasteiger partial charge in [-0.15, -0.1) is 0 Å². The van der Waals surface area contributed by atoms with Gasteiger partial charge >= 0.3 is 6.18 Å². The second-order valence-corrected chi connectivity index (χ2v) is 5.09. The van der Waals surface area contributed by atoms with Crippen molar-refractivity contribution >= 4 is 11.8 Å². The normalized spacial score (nSPS) is 11.0. The summed E-state index contributed by atoms with van der Waals surface area (Å²) in [5.74, 6) is -1.44. The molecule has 2 aromatic rings. The Balaban J connectivity index is 1.78. The maximum atomic E-state index is 12.8. The van der Waals surface area contributed by atoms with Crippen molar-refractivity contribution in [3.63, 3.8) is 0 Å². The van der Waals surface area contributed by atoms with Gasteiger partial charge in [0.1, 0.15) is 5.82 Å². The molecule has 0 spiro atoms. The van der Waals surface area contributed by atoms with Crippen molar-refractivity contribution in [2.24, 2.45) is 0 Å². The van der Waals surface area contributed by atoms with Crippen LogP contribution in [-0.4, -0.2) is 24.9 Å². The van der Waals surface area contributed by atoms with Crippen LogP contribution in [0.1, 0.15) is 26.3 Å². The van der Waals surface area contributed by atoms with E-state index in [4.69, 9.17) is 0 Å². The van der Waals surface area contributed by atoms with E-state index >= 15 is 0 Å². The lowest BCUT2D eigenvalue weighted by Gasteiger charge is -2.09. The van der Waals surface area contributed by atoms with Crippen LogP contribution >= 0.6 is 0 Å². The first-order valence-corrected chi connectivity index (χ1v) is 7.26. The lowest BCUT2D eigenvalue weighted by molar-refractivity contribution is -0.137. The van der Waals surface area contributed by atoms with Crippen LogP contribution in [0.15, 0.2) is 48.5 Å². The third kappa shape index (κ3) is 5.30. The van der Waals surface area contributed by atoms with Gasteiger partial charge < -0.3 is 10.6 Å². The molecule has 0 fully saturated rings. The number of alkyl halides is 3. The maximum Gasteiger partial charge on any atom is 0.416 e. The maximum absolute atomic E-state index is 12.8. The lowest BCUT2D eigenvalue weighted by atomic mass is 10.1. The summed E-state index contributed by atoms with van der Waals surface area (Å²) in [4.78, 5) is 23.6. The minimum atomic E-state index is -4.46. The third-order valence-corrected chi connectivity index (χ3v) is 3.28. The summed E-state index contributed by atoms with van der Waals surface area (Å²) in [7, 11) is 0. The standard InChI is InChI=1S/C17H14F4N2O2/c18-14-7-3-12(4-8-14)16(25)23-10-9-22-15(24)11-1-5-13(6-2-11)17(19,20)21/h1-8H,9-10H2,(H,22,24)(H,23,25). The van der Waals surface area contributed by atoms with Gasteiger partial charge in [0.05, 0.1) is 5.56 Å². The van der Waals surface area contributed by atoms with Gasteiger partial charge in [-0.3, -0.25) is 9.59 Å². The second kappa shape index (κ2) is 7.78. The molecule has 0 unspecified atom stereocenters. The summed E-state index contributed by atoms with van der Waals surface area (Å²) in [6.07, 6.45) is -4.46. The molecule has 0 heterocycles. The van der Waals surface area contributed by atoms with Crippen molar-refractivity contribution in [1.29, 1.82) is 0 Å². The van der Waals surface area contributed by atoms with Gasteiger partial charge in [-0.1, -0.05) is 0 Å². The average Bonchev–Trinajstić information content (AvgIpc) is 2.58. The van der Waals surface area contributed by atoms with Crippen LogP contribution in [0, 0.1) is 5.82 Å². The van der Waals surface area contributed by atoms with E-state index in [2.05, 4.69) is 10.6 Å². The molecule has 132 valence electrons. The molecule has 0 saturated heterocycles. The first kappa shape index (κ1) is 18.4. The Labute approximate surface area is 140 Å². The predicted molar refractivity (Wildman–Crippen MR) is 82.5 cm³/mol. The molecule has 2 aromatic carbocycles. The van der Waals surface area contributed by atoms with Crippen molar-refractivity contribution in [3.8, 4) is 0 Å². The Morgan fingerprint density at radius 2 is 1.16 bits per heavy atom. The van der Waals surface area contributed by atoms with E-state index in [1.54, 1.807) is 0 Å². The van der Waals surface area contributed by atoms with E-state index in [0.717, 1.165) is 36.4 Å². The first-order chi connectivity index (χ1) is 11.8. The number of carbonyl (C=O) groups is 2. The largest absolute Gasteiger partial charge is 0.416 e. The molecule has 8 heteroatoms. The molecule has 25 heavy (non-hydrogen) atoms. The molecule has 2 amide bonds. The van der Waals surface area contributed by atoms with Gasteiger partial charge in [0.2, 0.25) is 0 Å². The number of hydrogen-bond acceptors (Lipinski definition) is 2. The van der Waals surface area contributed by atoms with Crippen molar-refractivity contribution in [2.45, 2.75) is 6.18 Å². The van der Waals surface area contributed by atoms with Crippen LogP contribution < -0.4 is 10.6 Å². The van der Waals surface area contributed by atoms with Gasteiger partial charge in [-0.2, -0.15) is 13.2 Å². The minimum Gasteiger partial charge on any atom is -0.350 e. The van der Waals surface area contributed by atoms with Gasteiger partial charge in [-0.05, 0) is 48.5 Å². The Morgan fingerprint density at radius 3 is 1.56 bits per heavy atom. The number of benzene rings is 2. The SMILES string of the molecule is O=C(NCCNC(=O)c1ccc(C(F)(F)F)cc1)c1ccc(F)cc1. The van der Waals surface area contributed by atoms with Crippen molar-refractivity contribution in [1.82, 2.24) is 10.6 Å². The first-order valence-electron chi connectivity index (χ1n) is 7.26. The van der Waals surface area contributed by atoms with Crippen molar-refractivity contribution < 1.29 is 27.2 Å². The number of halogens is 4. The topological polar surface area (TPSA) is 58.2 Å². The molecular weight excluding hydrogens is 340 g/mol. The van der Waals surface area contributed by atoms with Crippen LogP contribution in [0.3, 0.4) is 0 Å². The molecule has 0 atom stereocenters. The van der Waals surface area contributed by atoms with E-state index in [1.165, 1.54) is 12.1 Å². The second-order valence-electron chi connectivity index (χ2n) is 5.09. The number of carbonyl (C=O) groups excluding carboxylic acids is 2. The predicted octanol–water partition coefficient (Wildman–Crippen LogP) is 3.00. The molecule has 0 radical (unpaired) electrons. The zero-order valence-corrected chi connectivity index (χ0v) is 12.9. The Kier molecular flexibility index (Phi) is 5.74. The summed E-state index contributed by atoms with van der Waals surface area (Å²) >= 11 is 0. The highest BCUT2D eigenvalue weighted by Gasteiger charge is 2.30. The van der Waals surface area contributed by atoms with E-state index in [1.807, 2.05) is 0 Å². The summed E-state index contributed by atoms with van der Waals surface area (Å²) in [5, 5.41) is 5.01. The highest BCUT2D eigenvalue weighted by atomic mass is 19.4. The molecule has 2 N–H and O–H groups in total. The minimum absolute atomic E-state index is 0.0814. The molecule has 0 aliphatic carbocycles. The molecular formula is C17H14F4N2O2. The highest BCUT2D eigenvalue weighted by Crippen LogP contribution is 2.28. The quantitative estimate of drug-likeness (QED) is 0.641. The van der Waals surface area contributed by atoms with Crippen LogP contribution in [0.5, 0.6) is 0 Å². The Bertz CT molecular complexity index is 741. The third-order valence-electron chi connectivity index (χ3n) is 3.28. The number of rotatable bonds is 5. The fraction of sp³-hybridized carbons (Fsp3) is 0.176. The van der Waals surface area contributed by atoms with Crippen molar-refractivity contribution in [3.05, 3.63) is 71.0 Å². The summed E-state index contributed by atoms with van der Waals surface area (Å²) in [6, 6.07) is 8.76. The molecule has 4 nitrogen and oxygen atoms in total. The van der Waals surface area contributed by atoms with Gasteiger partial charge in [0, 0.05) is 24.2 Å². The number of hydrogen-bond donors (Lipinski definition) is 2. The molecule has 0 aliphatic heterocycles. The van der Waals surface area contributed by atoms with Crippen LogP contribution in [0.4, 0.5) is 17.6 Å². The zero-order valence-electron chi connectivity index (χ0n) is 12.9. The van der Waals surface area contributed by atoms with E-state index in [0.29, 0.717) is 0 Å². The van der Waals surface area contributed by atoms with E-state index < -0.39 is 29.4 Å². The summed E-state index contributed by atoms with van der Waals surface area (Å²) in [6.45, 7) is 0.204. The van der Waals surface area contributed by atoms with E-state index in [9.17, 15) is 27.2 Å². The van der Waals surface area contributed by atoms with Crippen molar-refractivity contribution in [2.75, 3.05) is 13.1 Å². The van der Waals surface area contributed by atoms with Crippen LogP contribution in [-0.2, 0) is 6.18 Å². The fourth-order valence-electron chi connectivity index (χ4n) is 1.97. The average molecular weight is 354 g/mol. The Morgan fingerprint density at radius 1 is 0.760 bits per heavy atom. The van der Waals surface area contributed by atoms with E-state index in [-0.39, 0.29) is 24.2 Å². The lowest BCUT2D eigenvalue weighted by Crippen LogP contribution is -2.34. The van der Waals surface area contributed by atoms with Gasteiger partial charge in [0.15, 0.2) is 0 Å². The molecule has 0 saturated carbocycles. The number of nitrogens with one attached hydrogen (secondary N) is 2. The monoisotopic (exact) mass is 354 g/mol. The molecule has 2 rings (SSSR count).